The zero-order valence-electron chi connectivity index (χ0n) is 13.2. The number of halogens is 1. The van der Waals surface area contributed by atoms with Crippen LogP contribution in [0.3, 0.4) is 0 Å². The molecule has 2 aromatic rings. The Morgan fingerprint density at radius 3 is 2.83 bits per heavy atom. The molecular formula is C17H19ClN4OS. The molecule has 2 N–H and O–H groups in total. The van der Waals surface area contributed by atoms with Gasteiger partial charge in [-0.25, -0.2) is 4.98 Å². The first-order valence-electron chi connectivity index (χ1n) is 8.28. The van der Waals surface area contributed by atoms with Crippen molar-refractivity contribution < 1.29 is 4.79 Å². The number of hydrogen-bond donors (Lipinski definition) is 2. The van der Waals surface area contributed by atoms with Crippen LogP contribution in [0.1, 0.15) is 25.7 Å². The van der Waals surface area contributed by atoms with Crippen LogP contribution in [0.15, 0.2) is 29.4 Å². The molecule has 2 bridgehead atoms. The first kappa shape index (κ1) is 16.0. The second kappa shape index (κ2) is 6.76. The third-order valence-corrected chi connectivity index (χ3v) is 6.10. The topological polar surface area (TPSA) is 70.7 Å². The van der Waals surface area contributed by atoms with Gasteiger partial charge in [-0.1, -0.05) is 29.8 Å². The first-order chi connectivity index (χ1) is 11.7. The van der Waals surface area contributed by atoms with Gasteiger partial charge in [0.15, 0.2) is 5.82 Å². The van der Waals surface area contributed by atoms with Crippen LogP contribution in [-0.2, 0) is 4.79 Å². The normalized spacial score (nSPS) is 25.1. The standard InChI is InChI=1S/C17H19ClN4OS/c18-13-5-3-11(4-6-13)16-20-17(22-21-16)24-9-15(23)19-14-8-10-1-2-12(14)7-10/h3-6,10,12,14H,1-2,7-9H2,(H,19,23)(H,20,21,22)/t10-,12-,14+/m1/s1. The monoisotopic (exact) mass is 362 g/mol. The highest BCUT2D eigenvalue weighted by molar-refractivity contribution is 7.99. The Balaban J connectivity index is 1.30. The van der Waals surface area contributed by atoms with E-state index in [9.17, 15) is 4.79 Å². The molecule has 2 saturated carbocycles. The van der Waals surface area contributed by atoms with Crippen molar-refractivity contribution in [1.82, 2.24) is 20.5 Å². The second-order valence-electron chi connectivity index (χ2n) is 6.61. The van der Waals surface area contributed by atoms with Gasteiger partial charge in [0.25, 0.3) is 0 Å². The SMILES string of the molecule is O=C(CSc1n[nH]c(-c2ccc(Cl)cc2)n1)N[C@H]1C[C@@H]2CC[C@@H]1C2. The molecule has 0 aliphatic heterocycles. The molecule has 126 valence electrons. The third-order valence-electron chi connectivity index (χ3n) is 5.00. The van der Waals surface area contributed by atoms with Gasteiger partial charge in [-0.05, 0) is 55.4 Å². The van der Waals surface area contributed by atoms with E-state index in [1.807, 2.05) is 24.3 Å². The fourth-order valence-electron chi connectivity index (χ4n) is 3.85. The number of fused-ring (bicyclic) bond motifs is 2. The molecule has 0 unspecified atom stereocenters. The van der Waals surface area contributed by atoms with Crippen LogP contribution in [0.5, 0.6) is 0 Å². The molecule has 2 aliphatic carbocycles. The molecule has 2 aliphatic rings. The van der Waals surface area contributed by atoms with E-state index in [-0.39, 0.29) is 5.91 Å². The summed E-state index contributed by atoms with van der Waals surface area (Å²) in [7, 11) is 0. The van der Waals surface area contributed by atoms with Crippen molar-refractivity contribution in [2.75, 3.05) is 5.75 Å². The third kappa shape index (κ3) is 3.44. The molecule has 3 atom stereocenters. The molecule has 2 fully saturated rings. The number of hydrogen-bond acceptors (Lipinski definition) is 4. The Morgan fingerprint density at radius 1 is 1.29 bits per heavy atom. The molecule has 7 heteroatoms. The predicted octanol–water partition coefficient (Wildman–Crippen LogP) is 3.52. The van der Waals surface area contributed by atoms with Crippen molar-refractivity contribution in [3.05, 3.63) is 29.3 Å². The number of aromatic amines is 1. The number of benzene rings is 1. The fourth-order valence-corrected chi connectivity index (χ4v) is 4.58. The smallest absolute Gasteiger partial charge is 0.230 e. The Labute approximate surface area is 150 Å². The number of thioether (sulfide) groups is 1. The van der Waals surface area contributed by atoms with Gasteiger partial charge < -0.3 is 5.32 Å². The van der Waals surface area contributed by atoms with Gasteiger partial charge in [0.1, 0.15) is 0 Å². The van der Waals surface area contributed by atoms with Crippen LogP contribution < -0.4 is 5.32 Å². The average molecular weight is 363 g/mol. The van der Waals surface area contributed by atoms with E-state index in [1.165, 1.54) is 31.0 Å². The minimum atomic E-state index is 0.0791. The van der Waals surface area contributed by atoms with Gasteiger partial charge >= 0.3 is 0 Å². The van der Waals surface area contributed by atoms with E-state index in [1.54, 1.807) is 0 Å². The van der Waals surface area contributed by atoms with Crippen molar-refractivity contribution in [2.24, 2.45) is 11.8 Å². The van der Waals surface area contributed by atoms with Gasteiger partial charge in [-0.3, -0.25) is 9.89 Å². The van der Waals surface area contributed by atoms with Crippen LogP contribution in [0.25, 0.3) is 11.4 Å². The summed E-state index contributed by atoms with van der Waals surface area (Å²) in [6.45, 7) is 0. The lowest BCUT2D eigenvalue weighted by molar-refractivity contribution is -0.119. The number of H-pyrrole nitrogens is 1. The number of aromatic nitrogens is 3. The molecule has 4 rings (SSSR count). The van der Waals surface area contributed by atoms with Crippen LogP contribution in [0, 0.1) is 11.8 Å². The highest BCUT2D eigenvalue weighted by Crippen LogP contribution is 2.44. The summed E-state index contributed by atoms with van der Waals surface area (Å²) in [4.78, 5) is 16.6. The Bertz CT molecular complexity index is 732. The van der Waals surface area contributed by atoms with E-state index in [2.05, 4.69) is 20.5 Å². The van der Waals surface area contributed by atoms with Crippen molar-refractivity contribution in [3.8, 4) is 11.4 Å². The lowest BCUT2D eigenvalue weighted by Gasteiger charge is -2.22. The van der Waals surface area contributed by atoms with Crippen LogP contribution in [-0.4, -0.2) is 32.9 Å². The van der Waals surface area contributed by atoms with Gasteiger partial charge in [0.05, 0.1) is 5.75 Å². The summed E-state index contributed by atoms with van der Waals surface area (Å²) in [5.74, 6) is 2.65. The van der Waals surface area contributed by atoms with Gasteiger partial charge in [0.2, 0.25) is 11.1 Å². The van der Waals surface area contributed by atoms with Crippen LogP contribution >= 0.6 is 23.4 Å². The lowest BCUT2D eigenvalue weighted by atomic mass is 9.95. The maximum absolute atomic E-state index is 12.2. The molecule has 1 amide bonds. The number of amides is 1. The summed E-state index contributed by atoms with van der Waals surface area (Å²) in [5, 5.41) is 11.5. The lowest BCUT2D eigenvalue weighted by Crippen LogP contribution is -2.39. The minimum absolute atomic E-state index is 0.0791. The van der Waals surface area contributed by atoms with E-state index in [0.29, 0.717) is 33.7 Å². The van der Waals surface area contributed by atoms with Gasteiger partial charge in [0, 0.05) is 16.6 Å². The van der Waals surface area contributed by atoms with Crippen molar-refractivity contribution in [1.29, 1.82) is 0 Å². The maximum atomic E-state index is 12.2. The van der Waals surface area contributed by atoms with Crippen molar-refractivity contribution in [2.45, 2.75) is 36.9 Å². The van der Waals surface area contributed by atoms with E-state index in [0.717, 1.165) is 17.9 Å². The zero-order valence-corrected chi connectivity index (χ0v) is 14.7. The maximum Gasteiger partial charge on any atom is 0.230 e. The number of nitrogens with one attached hydrogen (secondary N) is 2. The molecule has 0 spiro atoms. The Morgan fingerprint density at radius 2 is 2.12 bits per heavy atom. The number of carbonyl (C=O) groups is 1. The van der Waals surface area contributed by atoms with Crippen LogP contribution in [0.4, 0.5) is 0 Å². The fraction of sp³-hybridized carbons (Fsp3) is 0.471. The predicted molar refractivity (Wildman–Crippen MR) is 94.9 cm³/mol. The summed E-state index contributed by atoms with van der Waals surface area (Å²) in [6.07, 6.45) is 5.07. The van der Waals surface area contributed by atoms with Gasteiger partial charge in [-0.15, -0.1) is 5.10 Å². The zero-order chi connectivity index (χ0) is 16.5. The molecule has 1 heterocycles. The first-order valence-corrected chi connectivity index (χ1v) is 9.64. The Hall–Kier alpha value is -1.53. The van der Waals surface area contributed by atoms with Crippen LogP contribution in [0.2, 0.25) is 5.02 Å². The van der Waals surface area contributed by atoms with Gasteiger partial charge in [-0.2, -0.15) is 0 Å². The quantitative estimate of drug-likeness (QED) is 0.798. The second-order valence-corrected chi connectivity index (χ2v) is 7.99. The highest BCUT2D eigenvalue weighted by atomic mass is 35.5. The largest absolute Gasteiger partial charge is 0.352 e. The number of nitrogens with zero attached hydrogens (tertiary/aromatic N) is 2. The summed E-state index contributed by atoms with van der Waals surface area (Å²) >= 11 is 7.25. The van der Waals surface area contributed by atoms with E-state index >= 15 is 0 Å². The van der Waals surface area contributed by atoms with E-state index in [4.69, 9.17) is 11.6 Å². The average Bonchev–Trinajstić information content (AvgIpc) is 3.30. The van der Waals surface area contributed by atoms with Crippen molar-refractivity contribution >= 4 is 29.3 Å². The number of carbonyl (C=O) groups excluding carboxylic acids is 1. The van der Waals surface area contributed by atoms with Crippen molar-refractivity contribution in [3.63, 3.8) is 0 Å². The molecule has 5 nitrogen and oxygen atoms in total. The summed E-state index contributed by atoms with van der Waals surface area (Å²) in [5.41, 5.74) is 0.921. The molecule has 0 saturated heterocycles. The molecular weight excluding hydrogens is 344 g/mol. The Kier molecular flexibility index (Phi) is 4.50. The molecule has 1 aromatic carbocycles. The summed E-state index contributed by atoms with van der Waals surface area (Å²) < 4.78 is 0. The molecule has 0 radical (unpaired) electrons. The molecule has 1 aromatic heterocycles. The van der Waals surface area contributed by atoms with E-state index < -0.39 is 0 Å². The highest BCUT2D eigenvalue weighted by Gasteiger charge is 2.39. The number of rotatable bonds is 5. The summed E-state index contributed by atoms with van der Waals surface area (Å²) in [6, 6.07) is 7.79. The minimum Gasteiger partial charge on any atom is -0.352 e. The molecule has 24 heavy (non-hydrogen) atoms.